The predicted molar refractivity (Wildman–Crippen MR) is 119 cm³/mol. The minimum absolute atomic E-state index is 0.0201. The highest BCUT2D eigenvalue weighted by Gasteiger charge is 2.34. The normalized spacial score (nSPS) is 21.2. The smallest absolute Gasteiger partial charge is 0.396 e. The van der Waals surface area contributed by atoms with E-state index in [-0.39, 0.29) is 30.4 Å². The number of aromatic nitrogens is 3. The van der Waals surface area contributed by atoms with Gasteiger partial charge in [0, 0.05) is 18.6 Å². The number of aliphatic hydroxyl groups is 1. The van der Waals surface area contributed by atoms with Gasteiger partial charge in [-0.2, -0.15) is 18.2 Å². The molecule has 32 heavy (non-hydrogen) atoms. The first kappa shape index (κ1) is 21.4. The molecule has 5 rings (SSSR count). The Balaban J connectivity index is 1.57. The fourth-order valence-electron chi connectivity index (χ4n) is 4.25. The molecule has 170 valence electrons. The van der Waals surface area contributed by atoms with E-state index in [2.05, 4.69) is 20.6 Å². The standard InChI is InChI=1S/C22H24F3N5OS/c23-22(24,25)11-26-21-29-18(13-6-7-13)17(20-28-15-3-1-2-4-16(15)32-20)19(30-21)27-14-8-5-12(9-14)10-31/h1-4,12-14,31H,5-11H2,(H2,26,27,29,30)/t12-,14+/m1/s1. The number of alkyl halides is 3. The minimum atomic E-state index is -4.36. The van der Waals surface area contributed by atoms with Crippen LogP contribution in [0.3, 0.4) is 0 Å². The number of hydrogen-bond acceptors (Lipinski definition) is 7. The maximum absolute atomic E-state index is 12.8. The molecule has 3 aromatic rings. The Morgan fingerprint density at radius 2 is 1.88 bits per heavy atom. The number of nitrogens with zero attached hydrogens (tertiary/aromatic N) is 3. The number of para-hydroxylation sites is 1. The lowest BCUT2D eigenvalue weighted by atomic mass is 10.1. The third kappa shape index (κ3) is 4.66. The first-order chi connectivity index (χ1) is 15.4. The molecule has 0 bridgehead atoms. The summed E-state index contributed by atoms with van der Waals surface area (Å²) in [4.78, 5) is 13.8. The summed E-state index contributed by atoms with van der Waals surface area (Å²) >= 11 is 1.54. The third-order valence-electron chi connectivity index (χ3n) is 6.00. The monoisotopic (exact) mass is 463 g/mol. The highest BCUT2D eigenvalue weighted by atomic mass is 32.1. The average Bonchev–Trinajstić information content (AvgIpc) is 3.36. The lowest BCUT2D eigenvalue weighted by Gasteiger charge is -2.19. The van der Waals surface area contributed by atoms with Gasteiger partial charge in [-0.15, -0.1) is 11.3 Å². The third-order valence-corrected chi connectivity index (χ3v) is 7.05. The summed E-state index contributed by atoms with van der Waals surface area (Å²) < 4.78 is 39.5. The summed E-state index contributed by atoms with van der Waals surface area (Å²) in [6.45, 7) is -1.05. The number of hydrogen-bond donors (Lipinski definition) is 3. The Morgan fingerprint density at radius 1 is 1.06 bits per heavy atom. The highest BCUT2D eigenvalue weighted by Crippen LogP contribution is 2.47. The van der Waals surface area contributed by atoms with Crippen molar-refractivity contribution in [1.82, 2.24) is 15.0 Å². The van der Waals surface area contributed by atoms with E-state index in [9.17, 15) is 18.3 Å². The Kier molecular flexibility index (Phi) is 5.66. The molecule has 2 aliphatic carbocycles. The van der Waals surface area contributed by atoms with Gasteiger partial charge in [0.2, 0.25) is 5.95 Å². The van der Waals surface area contributed by atoms with Crippen molar-refractivity contribution in [1.29, 1.82) is 0 Å². The van der Waals surface area contributed by atoms with Crippen LogP contribution in [0.4, 0.5) is 24.9 Å². The molecule has 0 amide bonds. The van der Waals surface area contributed by atoms with E-state index < -0.39 is 12.7 Å². The number of nitrogens with one attached hydrogen (secondary N) is 2. The second kappa shape index (κ2) is 8.47. The predicted octanol–water partition coefficient (Wildman–Crippen LogP) is 5.18. The van der Waals surface area contributed by atoms with Crippen LogP contribution in [-0.2, 0) is 0 Å². The van der Waals surface area contributed by atoms with Crippen LogP contribution in [0.15, 0.2) is 24.3 Å². The van der Waals surface area contributed by atoms with Gasteiger partial charge in [-0.3, -0.25) is 0 Å². The summed E-state index contributed by atoms with van der Waals surface area (Å²) in [5.41, 5.74) is 2.42. The van der Waals surface area contributed by atoms with Gasteiger partial charge < -0.3 is 15.7 Å². The lowest BCUT2D eigenvalue weighted by Crippen LogP contribution is -2.24. The maximum Gasteiger partial charge on any atom is 0.405 e. The second-order valence-electron chi connectivity index (χ2n) is 8.59. The van der Waals surface area contributed by atoms with E-state index in [1.165, 1.54) is 11.3 Å². The molecule has 2 aromatic heterocycles. The van der Waals surface area contributed by atoms with E-state index >= 15 is 0 Å². The molecule has 0 aliphatic heterocycles. The molecule has 0 unspecified atom stereocenters. The molecule has 0 saturated heterocycles. The van der Waals surface area contributed by atoms with Crippen molar-refractivity contribution in [3.05, 3.63) is 30.0 Å². The molecule has 2 saturated carbocycles. The van der Waals surface area contributed by atoms with Crippen molar-refractivity contribution >= 4 is 33.3 Å². The van der Waals surface area contributed by atoms with Gasteiger partial charge in [-0.05, 0) is 50.2 Å². The molecular weight excluding hydrogens is 439 g/mol. The van der Waals surface area contributed by atoms with Crippen molar-refractivity contribution < 1.29 is 18.3 Å². The van der Waals surface area contributed by atoms with Gasteiger partial charge >= 0.3 is 6.18 Å². The molecule has 2 atom stereocenters. The molecule has 6 nitrogen and oxygen atoms in total. The van der Waals surface area contributed by atoms with E-state index in [4.69, 9.17) is 4.98 Å². The Bertz CT molecular complexity index is 1080. The molecule has 10 heteroatoms. The topological polar surface area (TPSA) is 83.0 Å². The number of thiazole rings is 1. The summed E-state index contributed by atoms with van der Waals surface area (Å²) in [6, 6.07) is 7.93. The van der Waals surface area contributed by atoms with Crippen molar-refractivity contribution in [2.75, 3.05) is 23.8 Å². The van der Waals surface area contributed by atoms with Crippen LogP contribution in [0.5, 0.6) is 0 Å². The van der Waals surface area contributed by atoms with Crippen LogP contribution < -0.4 is 10.6 Å². The molecule has 1 aromatic carbocycles. The minimum Gasteiger partial charge on any atom is -0.396 e. The molecule has 2 fully saturated rings. The lowest BCUT2D eigenvalue weighted by molar-refractivity contribution is -0.115. The summed E-state index contributed by atoms with van der Waals surface area (Å²) in [6.07, 6.45) is 0.112. The van der Waals surface area contributed by atoms with Crippen LogP contribution in [0.25, 0.3) is 20.8 Å². The van der Waals surface area contributed by atoms with Gasteiger partial charge in [-0.25, -0.2) is 9.97 Å². The summed E-state index contributed by atoms with van der Waals surface area (Å²) in [5.74, 6) is 0.925. The van der Waals surface area contributed by atoms with Crippen LogP contribution in [-0.4, -0.2) is 45.4 Å². The zero-order valence-electron chi connectivity index (χ0n) is 17.3. The Hall–Kier alpha value is -2.46. The zero-order valence-corrected chi connectivity index (χ0v) is 18.1. The van der Waals surface area contributed by atoms with E-state index in [0.29, 0.717) is 5.82 Å². The zero-order chi connectivity index (χ0) is 22.3. The molecule has 2 aliphatic rings. The summed E-state index contributed by atoms with van der Waals surface area (Å²) in [7, 11) is 0. The largest absolute Gasteiger partial charge is 0.405 e. The Labute approximate surface area is 187 Å². The number of rotatable bonds is 7. The molecule has 3 N–H and O–H groups in total. The molecular formula is C22H24F3N5OS. The SMILES string of the molecule is OC[C@@H]1CC[C@H](Nc2nc(NCC(F)(F)F)nc(C3CC3)c2-c2nc3ccccc3s2)C1. The quantitative estimate of drug-likeness (QED) is 0.448. The number of anilines is 2. The van der Waals surface area contributed by atoms with Gasteiger partial charge in [0.25, 0.3) is 0 Å². The second-order valence-corrected chi connectivity index (χ2v) is 9.62. The molecule has 0 spiro atoms. The van der Waals surface area contributed by atoms with Crippen LogP contribution in [0.2, 0.25) is 0 Å². The van der Waals surface area contributed by atoms with Crippen LogP contribution in [0.1, 0.15) is 43.7 Å². The van der Waals surface area contributed by atoms with Crippen molar-refractivity contribution in [3.63, 3.8) is 0 Å². The molecule has 0 radical (unpaired) electrons. The van der Waals surface area contributed by atoms with Gasteiger partial charge in [0.05, 0.1) is 21.5 Å². The van der Waals surface area contributed by atoms with Crippen LogP contribution >= 0.6 is 11.3 Å². The van der Waals surface area contributed by atoms with Gasteiger partial charge in [-0.1, -0.05) is 12.1 Å². The maximum atomic E-state index is 12.8. The average molecular weight is 464 g/mol. The number of halogens is 3. The first-order valence-corrected chi connectivity index (χ1v) is 11.7. The van der Waals surface area contributed by atoms with E-state index in [1.807, 2.05) is 24.3 Å². The fraction of sp³-hybridized carbons (Fsp3) is 0.500. The number of benzene rings is 1. The first-order valence-electron chi connectivity index (χ1n) is 10.9. The van der Waals surface area contributed by atoms with Crippen molar-refractivity contribution in [3.8, 4) is 10.6 Å². The van der Waals surface area contributed by atoms with Crippen molar-refractivity contribution in [2.24, 2.45) is 5.92 Å². The number of fused-ring (bicyclic) bond motifs is 1. The van der Waals surface area contributed by atoms with E-state index in [0.717, 1.165) is 58.6 Å². The fourth-order valence-corrected chi connectivity index (χ4v) is 5.27. The summed E-state index contributed by atoms with van der Waals surface area (Å²) in [5, 5.41) is 16.1. The van der Waals surface area contributed by atoms with Gasteiger partial charge in [0.15, 0.2) is 0 Å². The van der Waals surface area contributed by atoms with E-state index in [1.54, 1.807) is 0 Å². The van der Waals surface area contributed by atoms with Crippen molar-refractivity contribution in [2.45, 2.75) is 50.2 Å². The highest BCUT2D eigenvalue weighted by molar-refractivity contribution is 7.21. The molecule has 2 heterocycles. The van der Waals surface area contributed by atoms with Gasteiger partial charge in [0.1, 0.15) is 17.4 Å². The number of aliphatic hydroxyl groups excluding tert-OH is 1. The van der Waals surface area contributed by atoms with Crippen LogP contribution in [0, 0.1) is 5.92 Å². The Morgan fingerprint density at radius 3 is 2.56 bits per heavy atom.